The molecule has 1 amide bonds. The summed E-state index contributed by atoms with van der Waals surface area (Å²) in [7, 11) is 2.02. The molecule has 0 aromatic carbocycles. The summed E-state index contributed by atoms with van der Waals surface area (Å²) in [4.78, 5) is 14.5. The summed E-state index contributed by atoms with van der Waals surface area (Å²) < 4.78 is 0. The predicted molar refractivity (Wildman–Crippen MR) is 74.3 cm³/mol. The maximum Gasteiger partial charge on any atom is 0.227 e. The van der Waals surface area contributed by atoms with Crippen LogP contribution in [0.15, 0.2) is 0 Å². The lowest BCUT2D eigenvalue weighted by Crippen LogP contribution is -2.44. The van der Waals surface area contributed by atoms with Crippen molar-refractivity contribution in [2.24, 2.45) is 17.8 Å². The summed E-state index contributed by atoms with van der Waals surface area (Å²) in [6.45, 7) is 6.33. The predicted octanol–water partition coefficient (Wildman–Crippen LogP) is 2.27. The maximum absolute atomic E-state index is 12.5. The van der Waals surface area contributed by atoms with Gasteiger partial charge in [0.15, 0.2) is 0 Å². The Morgan fingerprint density at radius 2 is 1.89 bits per heavy atom. The molecule has 1 saturated carbocycles. The second kappa shape index (κ2) is 6.05. The van der Waals surface area contributed by atoms with Crippen LogP contribution in [0, 0.1) is 17.8 Å². The lowest BCUT2D eigenvalue weighted by atomic mass is 9.83. The van der Waals surface area contributed by atoms with Gasteiger partial charge >= 0.3 is 0 Å². The minimum atomic E-state index is 0.207. The molecule has 2 atom stereocenters. The summed E-state index contributed by atoms with van der Waals surface area (Å²) in [5.41, 5.74) is 0. The highest BCUT2D eigenvalue weighted by Gasteiger charge is 2.34. The van der Waals surface area contributed by atoms with E-state index in [4.69, 9.17) is 0 Å². The van der Waals surface area contributed by atoms with Gasteiger partial charge in [-0.15, -0.1) is 0 Å². The van der Waals surface area contributed by atoms with Gasteiger partial charge in [0.2, 0.25) is 5.91 Å². The molecule has 3 heteroatoms. The molecular weight excluding hydrogens is 224 g/mol. The van der Waals surface area contributed by atoms with Gasteiger partial charge in [-0.05, 0) is 44.1 Å². The molecule has 0 radical (unpaired) electrons. The quantitative estimate of drug-likeness (QED) is 0.835. The molecule has 2 aliphatic rings. The van der Waals surface area contributed by atoms with Gasteiger partial charge in [-0.2, -0.15) is 0 Å². The Hall–Kier alpha value is -0.570. The van der Waals surface area contributed by atoms with E-state index in [2.05, 4.69) is 24.1 Å². The van der Waals surface area contributed by atoms with Crippen molar-refractivity contribution in [2.75, 3.05) is 20.1 Å². The number of amides is 1. The molecule has 0 aromatic heterocycles. The minimum absolute atomic E-state index is 0.207. The summed E-state index contributed by atoms with van der Waals surface area (Å²) in [5, 5.41) is 3.33. The van der Waals surface area contributed by atoms with Crippen molar-refractivity contribution in [1.82, 2.24) is 10.2 Å². The van der Waals surface area contributed by atoms with Crippen LogP contribution in [0.1, 0.15) is 46.0 Å². The second-order valence-corrected chi connectivity index (χ2v) is 6.27. The van der Waals surface area contributed by atoms with Gasteiger partial charge in [0.1, 0.15) is 0 Å². The first kappa shape index (κ1) is 13.9. The molecular formula is C15H28N2O. The Bertz CT molecular complexity index is 284. The Labute approximate surface area is 111 Å². The number of nitrogens with one attached hydrogen (secondary N) is 1. The molecule has 2 fully saturated rings. The fraction of sp³-hybridized carbons (Fsp3) is 0.933. The topological polar surface area (TPSA) is 32.3 Å². The molecule has 1 saturated heterocycles. The maximum atomic E-state index is 12.5. The number of carbonyl (C=O) groups is 1. The van der Waals surface area contributed by atoms with Crippen LogP contribution in [-0.2, 0) is 4.79 Å². The van der Waals surface area contributed by atoms with Crippen molar-refractivity contribution in [1.29, 1.82) is 0 Å². The van der Waals surface area contributed by atoms with Crippen molar-refractivity contribution in [3.63, 3.8) is 0 Å². The van der Waals surface area contributed by atoms with Crippen LogP contribution in [0.3, 0.4) is 0 Å². The van der Waals surface area contributed by atoms with Crippen LogP contribution in [0.4, 0.5) is 0 Å². The molecule has 0 bridgehead atoms. The first-order valence-corrected chi connectivity index (χ1v) is 7.60. The lowest BCUT2D eigenvalue weighted by molar-refractivity contribution is -0.137. The van der Waals surface area contributed by atoms with Crippen molar-refractivity contribution in [3.8, 4) is 0 Å². The summed E-state index contributed by atoms with van der Waals surface area (Å²) in [6.07, 6.45) is 6.31. The van der Waals surface area contributed by atoms with Crippen molar-refractivity contribution in [2.45, 2.75) is 52.0 Å². The van der Waals surface area contributed by atoms with E-state index in [9.17, 15) is 4.79 Å². The smallest absolute Gasteiger partial charge is 0.227 e. The zero-order valence-electron chi connectivity index (χ0n) is 12.1. The average molecular weight is 252 g/mol. The van der Waals surface area contributed by atoms with Crippen molar-refractivity contribution < 1.29 is 4.79 Å². The molecule has 1 N–H and O–H groups in total. The van der Waals surface area contributed by atoms with Gasteiger partial charge < -0.3 is 10.2 Å². The van der Waals surface area contributed by atoms with Gasteiger partial charge in [-0.3, -0.25) is 4.79 Å². The van der Waals surface area contributed by atoms with E-state index < -0.39 is 0 Å². The monoisotopic (exact) mass is 252 g/mol. The standard InChI is InChI=1S/C15H28N2O/c1-4-12-5-7-13(8-6-12)17(3)15(18)14-10-16-9-11(14)2/h11-14,16H,4-10H2,1-3H3. The third-order valence-electron chi connectivity index (χ3n) is 5.12. The van der Waals surface area contributed by atoms with Crippen LogP contribution >= 0.6 is 0 Å². The largest absolute Gasteiger partial charge is 0.342 e. The number of carbonyl (C=O) groups excluding carboxylic acids is 1. The molecule has 0 spiro atoms. The molecule has 18 heavy (non-hydrogen) atoms. The van der Waals surface area contributed by atoms with Crippen LogP contribution < -0.4 is 5.32 Å². The third-order valence-corrected chi connectivity index (χ3v) is 5.12. The van der Waals surface area contributed by atoms with E-state index in [1.54, 1.807) is 0 Å². The van der Waals surface area contributed by atoms with E-state index >= 15 is 0 Å². The van der Waals surface area contributed by atoms with E-state index in [1.165, 1.54) is 32.1 Å². The molecule has 2 unspecified atom stereocenters. The Balaban J connectivity index is 1.87. The summed E-state index contributed by atoms with van der Waals surface area (Å²) in [6, 6.07) is 0.494. The molecule has 104 valence electrons. The van der Waals surface area contributed by atoms with Gasteiger partial charge in [0, 0.05) is 19.6 Å². The normalized spacial score (nSPS) is 36.6. The zero-order chi connectivity index (χ0) is 13.1. The third kappa shape index (κ3) is 2.87. The Morgan fingerprint density at radius 1 is 1.22 bits per heavy atom. The Morgan fingerprint density at radius 3 is 2.39 bits per heavy atom. The molecule has 2 rings (SSSR count). The van der Waals surface area contributed by atoms with E-state index in [-0.39, 0.29) is 5.92 Å². The van der Waals surface area contributed by atoms with Gasteiger partial charge in [-0.25, -0.2) is 0 Å². The highest BCUT2D eigenvalue weighted by atomic mass is 16.2. The van der Waals surface area contributed by atoms with Crippen LogP contribution in [0.25, 0.3) is 0 Å². The summed E-state index contributed by atoms with van der Waals surface area (Å²) >= 11 is 0. The molecule has 1 aliphatic carbocycles. The van der Waals surface area contributed by atoms with Crippen LogP contribution in [0.5, 0.6) is 0 Å². The van der Waals surface area contributed by atoms with Gasteiger partial charge in [-0.1, -0.05) is 20.3 Å². The zero-order valence-corrected chi connectivity index (χ0v) is 12.1. The van der Waals surface area contributed by atoms with Crippen molar-refractivity contribution in [3.05, 3.63) is 0 Å². The minimum Gasteiger partial charge on any atom is -0.342 e. The number of nitrogens with zero attached hydrogens (tertiary/aromatic N) is 1. The SMILES string of the molecule is CCC1CCC(N(C)C(=O)C2CNCC2C)CC1. The Kier molecular flexibility index (Phi) is 4.66. The molecule has 3 nitrogen and oxygen atoms in total. The molecule has 1 heterocycles. The first-order valence-electron chi connectivity index (χ1n) is 7.60. The number of hydrogen-bond acceptors (Lipinski definition) is 2. The highest BCUT2D eigenvalue weighted by molar-refractivity contribution is 5.79. The number of hydrogen-bond donors (Lipinski definition) is 1. The average Bonchev–Trinajstić information content (AvgIpc) is 2.83. The van der Waals surface area contributed by atoms with E-state index in [0.29, 0.717) is 17.9 Å². The summed E-state index contributed by atoms with van der Waals surface area (Å²) in [5.74, 6) is 1.97. The second-order valence-electron chi connectivity index (χ2n) is 6.27. The number of rotatable bonds is 3. The first-order chi connectivity index (χ1) is 8.63. The molecule has 0 aromatic rings. The molecule has 1 aliphatic heterocycles. The lowest BCUT2D eigenvalue weighted by Gasteiger charge is -2.36. The highest BCUT2D eigenvalue weighted by Crippen LogP contribution is 2.30. The fourth-order valence-corrected chi connectivity index (χ4v) is 3.52. The van der Waals surface area contributed by atoms with Crippen molar-refractivity contribution >= 4 is 5.91 Å². The fourth-order valence-electron chi connectivity index (χ4n) is 3.52. The van der Waals surface area contributed by atoms with E-state index in [1.807, 2.05) is 7.05 Å². The van der Waals surface area contributed by atoms with Crippen LogP contribution in [0.2, 0.25) is 0 Å². The van der Waals surface area contributed by atoms with Gasteiger partial charge in [0.05, 0.1) is 5.92 Å². The van der Waals surface area contributed by atoms with Gasteiger partial charge in [0.25, 0.3) is 0 Å². The van der Waals surface area contributed by atoms with Crippen LogP contribution in [-0.4, -0.2) is 37.0 Å². The van der Waals surface area contributed by atoms with E-state index in [0.717, 1.165) is 19.0 Å².